The molecule has 0 aliphatic heterocycles. The Morgan fingerprint density at radius 2 is 2.25 bits per heavy atom. The minimum atomic E-state index is -0.972. The Hall–Kier alpha value is -1.56. The Morgan fingerprint density at radius 1 is 1.50 bits per heavy atom. The zero-order valence-corrected chi connectivity index (χ0v) is 6.10. The van der Waals surface area contributed by atoms with Gasteiger partial charge in [0.25, 0.3) is 0 Å². The van der Waals surface area contributed by atoms with Crippen LogP contribution < -0.4 is 4.74 Å². The van der Waals surface area contributed by atoms with Crippen LogP contribution in [0.1, 0.15) is 0 Å². The summed E-state index contributed by atoms with van der Waals surface area (Å²) in [5.74, 6) is 0.368. The van der Waals surface area contributed by atoms with E-state index in [2.05, 4.69) is 12.0 Å². The predicted octanol–water partition coefficient (Wildman–Crippen LogP) is 1.78. The van der Waals surface area contributed by atoms with E-state index in [4.69, 9.17) is 11.2 Å². The fraction of sp³-hybridized carbons (Fsp3) is 0.111. The normalized spacial score (nSPS) is 9.08. The molecule has 1 radical (unpaired) electrons. The maximum atomic E-state index is 12.5. The molecule has 0 aromatic heterocycles. The number of rotatable bonds is 2. The average Bonchev–Trinajstić information content (AvgIpc) is 2.07. The molecule has 0 spiro atoms. The first-order valence-electron chi connectivity index (χ1n) is 3.17. The maximum absolute atomic E-state index is 12.5. The first-order chi connectivity index (χ1) is 5.74. The summed E-state index contributed by atoms with van der Waals surface area (Å²) < 4.78 is 29.6. The van der Waals surface area contributed by atoms with E-state index < -0.39 is 11.6 Å². The van der Waals surface area contributed by atoms with Crippen molar-refractivity contribution in [2.24, 2.45) is 0 Å². The van der Waals surface area contributed by atoms with E-state index in [1.807, 2.05) is 0 Å². The van der Waals surface area contributed by atoms with E-state index in [1.54, 1.807) is 0 Å². The van der Waals surface area contributed by atoms with E-state index in [1.165, 1.54) is 0 Å². The minimum Gasteiger partial charge on any atom is -0.480 e. The Balaban J connectivity index is 2.77. The molecule has 61 valence electrons. The first-order valence-corrected chi connectivity index (χ1v) is 3.17. The molecule has 0 heterocycles. The SMILES string of the molecule is C#CCOc1[c]cc(F)c(F)c1. The lowest BCUT2D eigenvalue weighted by atomic mass is 10.3. The molecule has 0 saturated heterocycles. The van der Waals surface area contributed by atoms with Crippen molar-refractivity contribution in [1.82, 2.24) is 0 Å². The third kappa shape index (κ3) is 1.96. The summed E-state index contributed by atoms with van der Waals surface area (Å²) in [6.07, 6.45) is 4.89. The van der Waals surface area contributed by atoms with Gasteiger partial charge in [-0.25, -0.2) is 8.78 Å². The summed E-state index contributed by atoms with van der Waals surface area (Å²) in [4.78, 5) is 0. The second-order valence-electron chi connectivity index (χ2n) is 1.99. The van der Waals surface area contributed by atoms with Crippen molar-refractivity contribution in [1.29, 1.82) is 0 Å². The zero-order chi connectivity index (χ0) is 8.97. The highest BCUT2D eigenvalue weighted by Gasteiger charge is 2.02. The van der Waals surface area contributed by atoms with Crippen LogP contribution in [0.25, 0.3) is 0 Å². The highest BCUT2D eigenvalue weighted by molar-refractivity contribution is 5.22. The molecular weight excluding hydrogens is 162 g/mol. The van der Waals surface area contributed by atoms with Crippen molar-refractivity contribution < 1.29 is 13.5 Å². The Bertz CT molecular complexity index is 315. The standard InChI is InChI=1S/C9H5F2O/c1-2-5-12-7-3-4-8(10)9(11)6-7/h1,4,6H,5H2. The van der Waals surface area contributed by atoms with Crippen LogP contribution in [0.15, 0.2) is 12.1 Å². The van der Waals surface area contributed by atoms with Crippen molar-refractivity contribution in [3.63, 3.8) is 0 Å². The van der Waals surface area contributed by atoms with Crippen LogP contribution in [0.4, 0.5) is 8.78 Å². The zero-order valence-electron chi connectivity index (χ0n) is 6.10. The fourth-order valence-electron chi connectivity index (χ4n) is 0.632. The number of hydrogen-bond donors (Lipinski definition) is 0. The Kier molecular flexibility index (Phi) is 2.65. The van der Waals surface area contributed by atoms with E-state index >= 15 is 0 Å². The molecule has 0 atom stereocenters. The highest BCUT2D eigenvalue weighted by atomic mass is 19.2. The van der Waals surface area contributed by atoms with Gasteiger partial charge in [0, 0.05) is 12.1 Å². The Morgan fingerprint density at radius 3 is 2.83 bits per heavy atom. The highest BCUT2D eigenvalue weighted by Crippen LogP contribution is 2.13. The molecule has 1 rings (SSSR count). The summed E-state index contributed by atoms with van der Waals surface area (Å²) in [5, 5.41) is 0. The van der Waals surface area contributed by atoms with E-state index in [0.717, 1.165) is 12.1 Å². The summed E-state index contributed by atoms with van der Waals surface area (Å²) in [6.45, 7) is 0.0154. The number of halogens is 2. The fourth-order valence-corrected chi connectivity index (χ4v) is 0.632. The van der Waals surface area contributed by atoms with Gasteiger partial charge in [0.2, 0.25) is 0 Å². The smallest absolute Gasteiger partial charge is 0.162 e. The molecule has 12 heavy (non-hydrogen) atoms. The van der Waals surface area contributed by atoms with Crippen molar-refractivity contribution >= 4 is 0 Å². The van der Waals surface area contributed by atoms with E-state index in [0.29, 0.717) is 0 Å². The molecule has 0 aliphatic carbocycles. The van der Waals surface area contributed by atoms with Gasteiger partial charge in [-0.05, 0) is 6.07 Å². The Labute approximate surface area is 69.0 Å². The third-order valence-corrected chi connectivity index (χ3v) is 1.14. The maximum Gasteiger partial charge on any atom is 0.162 e. The van der Waals surface area contributed by atoms with Crippen molar-refractivity contribution in [2.45, 2.75) is 0 Å². The first kappa shape index (κ1) is 8.54. The summed E-state index contributed by atoms with van der Waals surface area (Å²) in [7, 11) is 0. The monoisotopic (exact) mass is 167 g/mol. The largest absolute Gasteiger partial charge is 0.480 e. The number of benzene rings is 1. The minimum absolute atomic E-state index is 0.0154. The molecule has 1 aromatic carbocycles. The van der Waals surface area contributed by atoms with Gasteiger partial charge in [0.05, 0.1) is 0 Å². The van der Waals surface area contributed by atoms with Gasteiger partial charge in [-0.3, -0.25) is 0 Å². The van der Waals surface area contributed by atoms with Gasteiger partial charge < -0.3 is 4.74 Å². The van der Waals surface area contributed by atoms with Crippen LogP contribution in [0, 0.1) is 30.0 Å². The molecule has 0 fully saturated rings. The molecule has 0 saturated carbocycles. The third-order valence-electron chi connectivity index (χ3n) is 1.14. The molecule has 0 bridgehead atoms. The van der Waals surface area contributed by atoms with Gasteiger partial charge in [-0.2, -0.15) is 0 Å². The molecular formula is C9H5F2O. The molecule has 0 unspecified atom stereocenters. The summed E-state index contributed by atoms with van der Waals surface area (Å²) in [6, 6.07) is 4.14. The van der Waals surface area contributed by atoms with Crippen molar-refractivity contribution in [2.75, 3.05) is 6.61 Å². The van der Waals surface area contributed by atoms with Crippen LogP contribution in [-0.2, 0) is 0 Å². The van der Waals surface area contributed by atoms with E-state index in [9.17, 15) is 8.78 Å². The second kappa shape index (κ2) is 3.72. The topological polar surface area (TPSA) is 9.23 Å². The lowest BCUT2D eigenvalue weighted by Gasteiger charge is -2.00. The lowest BCUT2D eigenvalue weighted by Crippen LogP contribution is -1.94. The lowest BCUT2D eigenvalue weighted by molar-refractivity contribution is 0.364. The predicted molar refractivity (Wildman–Crippen MR) is 39.5 cm³/mol. The summed E-state index contributed by atoms with van der Waals surface area (Å²) >= 11 is 0. The quantitative estimate of drug-likeness (QED) is 0.610. The number of terminal acetylenes is 1. The molecule has 1 aromatic rings. The van der Waals surface area contributed by atoms with Crippen LogP contribution in [0.2, 0.25) is 0 Å². The van der Waals surface area contributed by atoms with Gasteiger partial charge in [0.15, 0.2) is 11.6 Å². The van der Waals surface area contributed by atoms with Gasteiger partial charge in [-0.15, -0.1) is 6.42 Å². The number of hydrogen-bond acceptors (Lipinski definition) is 1. The second-order valence-corrected chi connectivity index (χ2v) is 1.99. The number of ether oxygens (including phenoxy) is 1. The molecule has 0 N–H and O–H groups in total. The van der Waals surface area contributed by atoms with Gasteiger partial charge >= 0.3 is 0 Å². The van der Waals surface area contributed by atoms with Crippen LogP contribution >= 0.6 is 0 Å². The molecule has 0 aliphatic rings. The molecule has 0 amide bonds. The van der Waals surface area contributed by atoms with E-state index in [-0.39, 0.29) is 12.4 Å². The van der Waals surface area contributed by atoms with Crippen LogP contribution in [-0.4, -0.2) is 6.61 Å². The van der Waals surface area contributed by atoms with Crippen molar-refractivity contribution in [3.05, 3.63) is 29.8 Å². The average molecular weight is 167 g/mol. The van der Waals surface area contributed by atoms with Gasteiger partial charge in [0.1, 0.15) is 12.4 Å². The molecule has 1 nitrogen and oxygen atoms in total. The van der Waals surface area contributed by atoms with Crippen molar-refractivity contribution in [3.8, 4) is 18.1 Å². The summed E-state index contributed by atoms with van der Waals surface area (Å²) in [5.41, 5.74) is 0. The molecule has 3 heteroatoms. The van der Waals surface area contributed by atoms with Crippen LogP contribution in [0.5, 0.6) is 5.75 Å². The van der Waals surface area contributed by atoms with Gasteiger partial charge in [-0.1, -0.05) is 5.92 Å². The van der Waals surface area contributed by atoms with Crippen LogP contribution in [0.3, 0.4) is 0 Å².